The molecule has 0 atom stereocenters. The van der Waals surface area contributed by atoms with Crippen molar-refractivity contribution in [3.63, 3.8) is 0 Å². The van der Waals surface area contributed by atoms with E-state index in [1.54, 1.807) is 4.68 Å². The van der Waals surface area contributed by atoms with Gasteiger partial charge in [0.2, 0.25) is 0 Å². The highest BCUT2D eigenvalue weighted by Gasteiger charge is 2.17. The van der Waals surface area contributed by atoms with Crippen molar-refractivity contribution in [3.8, 4) is 0 Å². The average Bonchev–Trinajstić information content (AvgIpc) is 3.10. The maximum Gasteiger partial charge on any atom is 0.345 e. The monoisotopic (exact) mass is 522 g/mol. The van der Waals surface area contributed by atoms with Crippen LogP contribution in [0.25, 0.3) is 5.57 Å². The van der Waals surface area contributed by atoms with Crippen molar-refractivity contribution in [3.05, 3.63) is 58.3 Å². The van der Waals surface area contributed by atoms with Crippen LogP contribution in [0.5, 0.6) is 0 Å². The standard InChI is InChI=1S/C22H30N6O.HI/c1-23-21(26-16-11-19(12-17-26)18-8-3-2-4-9-18)24-13-7-15-28-22(29)27-14-6-5-10-20(27)25-28;/h2-4,8-9,11H,5-7,10,12-17H2,1H3,(H,23,24);1H. The summed E-state index contributed by atoms with van der Waals surface area (Å²) in [6.07, 6.45) is 7.27. The van der Waals surface area contributed by atoms with Crippen molar-refractivity contribution < 1.29 is 0 Å². The number of nitrogens with zero attached hydrogens (tertiary/aromatic N) is 5. The van der Waals surface area contributed by atoms with Gasteiger partial charge in [-0.3, -0.25) is 9.56 Å². The summed E-state index contributed by atoms with van der Waals surface area (Å²) >= 11 is 0. The summed E-state index contributed by atoms with van der Waals surface area (Å²) in [5.41, 5.74) is 2.75. The number of guanidine groups is 1. The first-order valence-corrected chi connectivity index (χ1v) is 10.6. The van der Waals surface area contributed by atoms with Crippen molar-refractivity contribution in [1.82, 2.24) is 24.6 Å². The molecule has 0 saturated heterocycles. The van der Waals surface area contributed by atoms with Crippen LogP contribution < -0.4 is 11.0 Å². The Balaban J connectivity index is 0.00000256. The minimum atomic E-state index is 0. The first-order valence-electron chi connectivity index (χ1n) is 10.6. The predicted octanol–water partition coefficient (Wildman–Crippen LogP) is 2.75. The topological polar surface area (TPSA) is 67.5 Å². The maximum atomic E-state index is 12.4. The Kier molecular flexibility index (Phi) is 8.12. The van der Waals surface area contributed by atoms with Gasteiger partial charge in [-0.1, -0.05) is 36.4 Å². The fraction of sp³-hybridized carbons (Fsp3) is 0.500. The summed E-state index contributed by atoms with van der Waals surface area (Å²) in [4.78, 5) is 19.1. The lowest BCUT2D eigenvalue weighted by molar-refractivity contribution is 0.436. The molecule has 0 unspecified atom stereocenters. The lowest BCUT2D eigenvalue weighted by Crippen LogP contribution is -2.44. The second-order valence-corrected chi connectivity index (χ2v) is 7.65. The molecule has 0 aliphatic carbocycles. The molecule has 1 aromatic carbocycles. The second-order valence-electron chi connectivity index (χ2n) is 7.65. The second kappa shape index (κ2) is 10.8. The quantitative estimate of drug-likeness (QED) is 0.284. The molecule has 0 amide bonds. The smallest absolute Gasteiger partial charge is 0.345 e. The Labute approximate surface area is 194 Å². The maximum absolute atomic E-state index is 12.4. The highest BCUT2D eigenvalue weighted by Crippen LogP contribution is 2.21. The van der Waals surface area contributed by atoms with E-state index in [9.17, 15) is 4.79 Å². The van der Waals surface area contributed by atoms with Crippen molar-refractivity contribution in [1.29, 1.82) is 0 Å². The van der Waals surface area contributed by atoms with E-state index >= 15 is 0 Å². The number of nitrogens with one attached hydrogen (secondary N) is 1. The van der Waals surface area contributed by atoms with E-state index in [1.165, 1.54) is 11.1 Å². The molecule has 1 aromatic heterocycles. The van der Waals surface area contributed by atoms with E-state index in [0.29, 0.717) is 6.54 Å². The van der Waals surface area contributed by atoms with Gasteiger partial charge in [-0.2, -0.15) is 5.10 Å². The number of aromatic nitrogens is 3. The lowest BCUT2D eigenvalue weighted by atomic mass is 10.00. The highest BCUT2D eigenvalue weighted by molar-refractivity contribution is 14.0. The minimum absolute atomic E-state index is 0. The molecule has 4 rings (SSSR count). The highest BCUT2D eigenvalue weighted by atomic mass is 127. The van der Waals surface area contributed by atoms with Gasteiger partial charge in [0.05, 0.1) is 0 Å². The Morgan fingerprint density at radius 2 is 2.00 bits per heavy atom. The summed E-state index contributed by atoms with van der Waals surface area (Å²) in [6, 6.07) is 10.6. The van der Waals surface area contributed by atoms with Crippen LogP contribution in [-0.4, -0.2) is 51.9 Å². The molecule has 8 heteroatoms. The summed E-state index contributed by atoms with van der Waals surface area (Å²) in [5, 5.41) is 7.95. The molecule has 2 aromatic rings. The predicted molar refractivity (Wildman–Crippen MR) is 131 cm³/mol. The van der Waals surface area contributed by atoms with Gasteiger partial charge in [-0.05, 0) is 36.8 Å². The van der Waals surface area contributed by atoms with Crippen LogP contribution in [0.4, 0.5) is 0 Å². The summed E-state index contributed by atoms with van der Waals surface area (Å²) in [5.74, 6) is 1.86. The Bertz CT molecular complexity index is 946. The van der Waals surface area contributed by atoms with Gasteiger partial charge in [-0.15, -0.1) is 24.0 Å². The van der Waals surface area contributed by atoms with Crippen molar-refractivity contribution in [2.75, 3.05) is 26.7 Å². The van der Waals surface area contributed by atoms with Crippen molar-refractivity contribution in [2.45, 2.75) is 45.2 Å². The number of aryl methyl sites for hydroxylation is 2. The molecule has 0 saturated carbocycles. The molecule has 162 valence electrons. The third-order valence-electron chi connectivity index (χ3n) is 5.73. The lowest BCUT2D eigenvalue weighted by Gasteiger charge is -2.29. The fourth-order valence-electron chi connectivity index (χ4n) is 4.13. The molecule has 0 bridgehead atoms. The van der Waals surface area contributed by atoms with Crippen LogP contribution in [0.2, 0.25) is 0 Å². The minimum Gasteiger partial charge on any atom is -0.356 e. The first-order chi connectivity index (χ1) is 14.3. The molecule has 0 fully saturated rings. The molecule has 1 N–H and O–H groups in total. The summed E-state index contributed by atoms with van der Waals surface area (Å²) < 4.78 is 3.46. The van der Waals surface area contributed by atoms with Gasteiger partial charge in [0.1, 0.15) is 5.82 Å². The SMILES string of the molecule is CN=C(NCCCn1nc2n(c1=O)CCCC2)N1CC=C(c2ccccc2)CC1.I. The number of hydrogen-bond acceptors (Lipinski definition) is 3. The zero-order valence-corrected chi connectivity index (χ0v) is 19.9. The van der Waals surface area contributed by atoms with E-state index in [0.717, 1.165) is 70.1 Å². The molecule has 30 heavy (non-hydrogen) atoms. The fourth-order valence-corrected chi connectivity index (χ4v) is 4.13. The third-order valence-corrected chi connectivity index (χ3v) is 5.73. The van der Waals surface area contributed by atoms with E-state index in [-0.39, 0.29) is 29.7 Å². The van der Waals surface area contributed by atoms with Crippen LogP contribution in [0.15, 0.2) is 46.2 Å². The average molecular weight is 522 g/mol. The van der Waals surface area contributed by atoms with E-state index in [4.69, 9.17) is 0 Å². The molecular formula is C22H31IN6O. The molecule has 3 heterocycles. The van der Waals surface area contributed by atoms with Gasteiger partial charge in [0.25, 0.3) is 0 Å². The number of fused-ring (bicyclic) bond motifs is 1. The largest absolute Gasteiger partial charge is 0.356 e. The number of rotatable bonds is 5. The molecular weight excluding hydrogens is 491 g/mol. The van der Waals surface area contributed by atoms with Gasteiger partial charge >= 0.3 is 5.69 Å². The van der Waals surface area contributed by atoms with Gasteiger partial charge in [-0.25, -0.2) is 9.48 Å². The molecule has 2 aliphatic heterocycles. The molecule has 2 aliphatic rings. The molecule has 7 nitrogen and oxygen atoms in total. The van der Waals surface area contributed by atoms with Crippen LogP contribution in [0, 0.1) is 0 Å². The van der Waals surface area contributed by atoms with Crippen LogP contribution >= 0.6 is 24.0 Å². The van der Waals surface area contributed by atoms with E-state index in [2.05, 4.69) is 56.7 Å². The third kappa shape index (κ3) is 5.14. The summed E-state index contributed by atoms with van der Waals surface area (Å²) in [7, 11) is 1.83. The Morgan fingerprint density at radius 1 is 1.17 bits per heavy atom. The van der Waals surface area contributed by atoms with E-state index in [1.807, 2.05) is 11.6 Å². The Morgan fingerprint density at radius 3 is 2.70 bits per heavy atom. The number of halogens is 1. The number of hydrogen-bond donors (Lipinski definition) is 1. The normalized spacial score (nSPS) is 16.5. The number of aliphatic imine (C=N–C) groups is 1. The zero-order valence-electron chi connectivity index (χ0n) is 17.6. The zero-order chi connectivity index (χ0) is 20.1. The van der Waals surface area contributed by atoms with Crippen LogP contribution in [0.3, 0.4) is 0 Å². The van der Waals surface area contributed by atoms with Gasteiger partial charge in [0, 0.05) is 46.2 Å². The van der Waals surface area contributed by atoms with Crippen molar-refractivity contribution >= 4 is 35.5 Å². The number of benzene rings is 1. The van der Waals surface area contributed by atoms with Gasteiger partial charge in [0.15, 0.2) is 5.96 Å². The molecule has 0 spiro atoms. The molecule has 0 radical (unpaired) electrons. The Hall–Kier alpha value is -2.10. The van der Waals surface area contributed by atoms with Crippen molar-refractivity contribution in [2.24, 2.45) is 4.99 Å². The first kappa shape index (κ1) is 22.6. The van der Waals surface area contributed by atoms with E-state index < -0.39 is 0 Å². The van der Waals surface area contributed by atoms with Gasteiger partial charge < -0.3 is 10.2 Å². The summed E-state index contributed by atoms with van der Waals surface area (Å²) in [6.45, 7) is 4.03. The van der Waals surface area contributed by atoms with Crippen LogP contribution in [0.1, 0.15) is 37.1 Å². The van der Waals surface area contributed by atoms with Crippen LogP contribution in [-0.2, 0) is 19.5 Å².